The highest BCUT2D eigenvalue weighted by Gasteiger charge is 2.34. The summed E-state index contributed by atoms with van der Waals surface area (Å²) in [5.74, 6) is -5.45. The number of ether oxygens (including phenoxy) is 3. The van der Waals surface area contributed by atoms with E-state index in [1.165, 1.54) is 38.3 Å². The van der Waals surface area contributed by atoms with Crippen LogP contribution in [0.2, 0.25) is 0 Å². The van der Waals surface area contributed by atoms with Gasteiger partial charge in [-0.2, -0.15) is 0 Å². The molecule has 2 aromatic rings. The van der Waals surface area contributed by atoms with E-state index in [-0.39, 0.29) is 12.2 Å². The lowest BCUT2D eigenvalue weighted by atomic mass is 10.1. The minimum Gasteiger partial charge on any atom is -0.497 e. The van der Waals surface area contributed by atoms with Gasteiger partial charge in [-0.05, 0) is 43.3 Å². The van der Waals surface area contributed by atoms with Crippen LogP contribution in [0.25, 0.3) is 0 Å². The number of hydrogen-bond acceptors (Lipinski definition) is 6. The molecule has 2 rings (SSSR count). The van der Waals surface area contributed by atoms with Gasteiger partial charge in [0, 0.05) is 5.56 Å². The smallest absolute Gasteiger partial charge is 0.355 e. The van der Waals surface area contributed by atoms with Crippen molar-refractivity contribution in [3.63, 3.8) is 0 Å². The van der Waals surface area contributed by atoms with Crippen LogP contribution in [0.5, 0.6) is 5.75 Å². The van der Waals surface area contributed by atoms with Gasteiger partial charge < -0.3 is 14.2 Å². The van der Waals surface area contributed by atoms with E-state index in [0.717, 1.165) is 18.2 Å². The van der Waals surface area contributed by atoms with Crippen LogP contribution in [-0.4, -0.2) is 37.5 Å². The Morgan fingerprint density at radius 3 is 2.11 bits per heavy atom. The lowest BCUT2D eigenvalue weighted by Crippen LogP contribution is -2.37. The molecule has 0 spiro atoms. The van der Waals surface area contributed by atoms with E-state index in [1.54, 1.807) is 0 Å². The number of Topliss-reactive ketones (excluding diaryl/α,β-unsaturated/α-hetero) is 1. The molecule has 6 nitrogen and oxygen atoms in total. The highest BCUT2D eigenvalue weighted by Crippen LogP contribution is 2.18. The molecule has 27 heavy (non-hydrogen) atoms. The third kappa shape index (κ3) is 4.66. The van der Waals surface area contributed by atoms with Gasteiger partial charge in [-0.3, -0.25) is 4.79 Å². The first-order chi connectivity index (χ1) is 12.9. The second-order valence-corrected chi connectivity index (χ2v) is 5.23. The Morgan fingerprint density at radius 2 is 1.59 bits per heavy atom. The molecule has 1 atom stereocenters. The van der Waals surface area contributed by atoms with E-state index in [4.69, 9.17) is 14.2 Å². The zero-order valence-electron chi connectivity index (χ0n) is 14.5. The molecule has 0 fully saturated rings. The number of halogens is 2. The molecule has 0 N–H and O–H groups in total. The van der Waals surface area contributed by atoms with Crippen molar-refractivity contribution in [2.75, 3.05) is 13.7 Å². The molecule has 0 bridgehead atoms. The van der Waals surface area contributed by atoms with E-state index >= 15 is 0 Å². The van der Waals surface area contributed by atoms with Gasteiger partial charge in [-0.25, -0.2) is 18.4 Å². The monoisotopic (exact) mass is 378 g/mol. The molecule has 2 aromatic carbocycles. The highest BCUT2D eigenvalue weighted by molar-refractivity contribution is 6.12. The van der Waals surface area contributed by atoms with Gasteiger partial charge in [0.15, 0.2) is 0 Å². The molecule has 0 radical (unpaired) electrons. The van der Waals surface area contributed by atoms with Crippen LogP contribution < -0.4 is 4.74 Å². The number of methoxy groups -OCH3 is 1. The molecule has 0 aliphatic rings. The van der Waals surface area contributed by atoms with Crippen molar-refractivity contribution in [3.8, 4) is 5.75 Å². The van der Waals surface area contributed by atoms with Crippen molar-refractivity contribution in [1.29, 1.82) is 0 Å². The van der Waals surface area contributed by atoms with E-state index in [1.807, 2.05) is 0 Å². The Morgan fingerprint density at radius 1 is 1.00 bits per heavy atom. The first kappa shape index (κ1) is 20.0. The molecule has 0 aliphatic heterocycles. The standard InChI is InChI=1S/C19H16F2O6/c1-3-26-19(24)17(16(22)11-7-9-12(25-2)10-8-11)27-18(23)15-13(20)5-4-6-14(15)21/h4-10,17H,3H2,1-2H3. The zero-order chi connectivity index (χ0) is 20.0. The number of carbonyl (C=O) groups is 3. The molecule has 8 heteroatoms. The average molecular weight is 378 g/mol. The molecule has 142 valence electrons. The third-order valence-electron chi connectivity index (χ3n) is 3.51. The lowest BCUT2D eigenvalue weighted by molar-refractivity contribution is -0.150. The van der Waals surface area contributed by atoms with E-state index in [9.17, 15) is 23.2 Å². The predicted molar refractivity (Wildman–Crippen MR) is 89.5 cm³/mol. The molecule has 0 amide bonds. The Kier molecular flexibility index (Phi) is 6.59. The van der Waals surface area contributed by atoms with Crippen molar-refractivity contribution >= 4 is 17.7 Å². The van der Waals surface area contributed by atoms with Crippen LogP contribution >= 0.6 is 0 Å². The van der Waals surface area contributed by atoms with E-state index in [0.29, 0.717) is 5.75 Å². The Bertz CT molecular complexity index is 828. The first-order valence-electron chi connectivity index (χ1n) is 7.89. The maximum absolute atomic E-state index is 13.8. The SMILES string of the molecule is CCOC(=O)C(OC(=O)c1c(F)cccc1F)C(=O)c1ccc(OC)cc1. The molecule has 0 heterocycles. The zero-order valence-corrected chi connectivity index (χ0v) is 14.5. The fraction of sp³-hybridized carbons (Fsp3) is 0.211. The normalized spacial score (nSPS) is 11.4. The summed E-state index contributed by atoms with van der Waals surface area (Å²) in [5.41, 5.74) is -0.981. The van der Waals surface area contributed by atoms with E-state index in [2.05, 4.69) is 0 Å². The molecular weight excluding hydrogens is 362 g/mol. The summed E-state index contributed by atoms with van der Waals surface area (Å²) in [6.07, 6.45) is -2.01. The lowest BCUT2D eigenvalue weighted by Gasteiger charge is -2.16. The number of benzene rings is 2. The van der Waals surface area contributed by atoms with Gasteiger partial charge in [-0.15, -0.1) is 0 Å². The van der Waals surface area contributed by atoms with Crippen LogP contribution in [0.1, 0.15) is 27.6 Å². The number of ketones is 1. The number of hydrogen-bond donors (Lipinski definition) is 0. The number of rotatable bonds is 7. The minimum atomic E-state index is -2.01. The highest BCUT2D eigenvalue weighted by atomic mass is 19.1. The molecule has 1 unspecified atom stereocenters. The summed E-state index contributed by atoms with van der Waals surface area (Å²) >= 11 is 0. The number of esters is 2. The van der Waals surface area contributed by atoms with Gasteiger partial charge in [0.25, 0.3) is 6.10 Å². The van der Waals surface area contributed by atoms with Crippen LogP contribution in [0.15, 0.2) is 42.5 Å². The maximum atomic E-state index is 13.8. The van der Waals surface area contributed by atoms with Crippen molar-refractivity contribution in [3.05, 3.63) is 65.2 Å². The fourth-order valence-corrected chi connectivity index (χ4v) is 2.19. The molecule has 0 aliphatic carbocycles. The Balaban J connectivity index is 2.32. The van der Waals surface area contributed by atoms with Crippen LogP contribution in [0.3, 0.4) is 0 Å². The quantitative estimate of drug-likeness (QED) is 0.419. The second-order valence-electron chi connectivity index (χ2n) is 5.23. The summed E-state index contributed by atoms with van der Waals surface area (Å²) in [4.78, 5) is 36.8. The van der Waals surface area contributed by atoms with Gasteiger partial charge in [0.2, 0.25) is 5.78 Å². The van der Waals surface area contributed by atoms with Gasteiger partial charge in [-0.1, -0.05) is 6.07 Å². The number of carbonyl (C=O) groups excluding carboxylic acids is 3. The van der Waals surface area contributed by atoms with Crippen LogP contribution in [0, 0.1) is 11.6 Å². The summed E-state index contributed by atoms with van der Waals surface area (Å²) in [5, 5.41) is 0. The van der Waals surface area contributed by atoms with Gasteiger partial charge in [0.1, 0.15) is 22.9 Å². The molecule has 0 saturated heterocycles. The average Bonchev–Trinajstić information content (AvgIpc) is 2.65. The van der Waals surface area contributed by atoms with Gasteiger partial charge in [0.05, 0.1) is 13.7 Å². The largest absolute Gasteiger partial charge is 0.497 e. The van der Waals surface area contributed by atoms with Crippen molar-refractivity contribution < 1.29 is 37.4 Å². The van der Waals surface area contributed by atoms with Crippen LogP contribution in [0.4, 0.5) is 8.78 Å². The Hall–Kier alpha value is -3.29. The fourth-order valence-electron chi connectivity index (χ4n) is 2.19. The van der Waals surface area contributed by atoms with Crippen LogP contribution in [-0.2, 0) is 14.3 Å². The van der Waals surface area contributed by atoms with Crippen molar-refractivity contribution in [1.82, 2.24) is 0 Å². The maximum Gasteiger partial charge on any atom is 0.355 e. The first-order valence-corrected chi connectivity index (χ1v) is 7.89. The predicted octanol–water partition coefficient (Wildman–Crippen LogP) is 2.94. The van der Waals surface area contributed by atoms with E-state index < -0.39 is 41.0 Å². The second kappa shape index (κ2) is 8.88. The summed E-state index contributed by atoms with van der Waals surface area (Å²) < 4.78 is 42.0. The summed E-state index contributed by atoms with van der Waals surface area (Å²) in [7, 11) is 1.43. The Labute approximate surface area is 153 Å². The minimum absolute atomic E-state index is 0.0238. The van der Waals surface area contributed by atoms with Crippen molar-refractivity contribution in [2.45, 2.75) is 13.0 Å². The molecular formula is C19H16F2O6. The van der Waals surface area contributed by atoms with Crippen molar-refractivity contribution in [2.24, 2.45) is 0 Å². The van der Waals surface area contributed by atoms with Gasteiger partial charge >= 0.3 is 11.9 Å². The summed E-state index contributed by atoms with van der Waals surface area (Å²) in [6, 6.07) is 8.40. The topological polar surface area (TPSA) is 78.9 Å². The summed E-state index contributed by atoms with van der Waals surface area (Å²) in [6.45, 7) is 1.40. The molecule has 0 aromatic heterocycles. The molecule has 0 saturated carbocycles. The third-order valence-corrected chi connectivity index (χ3v) is 3.51.